The number of hydrogen-bond donors (Lipinski definition) is 1. The molecule has 0 aliphatic carbocycles. The summed E-state index contributed by atoms with van der Waals surface area (Å²) in [5, 5.41) is 3.07. The maximum atomic E-state index is 11.9. The van der Waals surface area contributed by atoms with E-state index in [9.17, 15) is 9.59 Å². The lowest BCUT2D eigenvalue weighted by Crippen LogP contribution is -2.64. The standard InChI is InChI=1S/C12H21N3O3/c1-12(2,3)18-11(17)14-4-5-15-9(8-14)6-13-7-10(15)16/h9,13H,4-8H2,1-3H3/t9-/m1/s1. The van der Waals surface area contributed by atoms with E-state index >= 15 is 0 Å². The van der Waals surface area contributed by atoms with Gasteiger partial charge >= 0.3 is 6.09 Å². The SMILES string of the molecule is CC(C)(C)OC(=O)N1CCN2C(=O)CNC[C@@H]2C1. The molecule has 2 heterocycles. The molecular weight excluding hydrogens is 234 g/mol. The van der Waals surface area contributed by atoms with E-state index in [1.54, 1.807) is 4.90 Å². The van der Waals surface area contributed by atoms with Gasteiger partial charge in [-0.2, -0.15) is 0 Å². The van der Waals surface area contributed by atoms with E-state index in [0.29, 0.717) is 26.2 Å². The van der Waals surface area contributed by atoms with Crippen molar-refractivity contribution in [3.8, 4) is 0 Å². The summed E-state index contributed by atoms with van der Waals surface area (Å²) in [4.78, 5) is 27.2. The number of hydrogen-bond acceptors (Lipinski definition) is 4. The van der Waals surface area contributed by atoms with E-state index in [1.165, 1.54) is 0 Å². The molecule has 2 fully saturated rings. The van der Waals surface area contributed by atoms with Crippen LogP contribution in [0, 0.1) is 0 Å². The fourth-order valence-corrected chi connectivity index (χ4v) is 2.30. The van der Waals surface area contributed by atoms with E-state index in [4.69, 9.17) is 4.74 Å². The van der Waals surface area contributed by atoms with Crippen LogP contribution >= 0.6 is 0 Å². The molecule has 1 N–H and O–H groups in total. The van der Waals surface area contributed by atoms with Gasteiger partial charge in [-0.1, -0.05) is 0 Å². The van der Waals surface area contributed by atoms with Gasteiger partial charge in [-0.25, -0.2) is 4.79 Å². The fourth-order valence-electron chi connectivity index (χ4n) is 2.30. The smallest absolute Gasteiger partial charge is 0.410 e. The van der Waals surface area contributed by atoms with E-state index in [0.717, 1.165) is 6.54 Å². The number of ether oxygens (including phenoxy) is 1. The Hall–Kier alpha value is -1.30. The van der Waals surface area contributed by atoms with Gasteiger partial charge in [-0.05, 0) is 20.8 Å². The van der Waals surface area contributed by atoms with Crippen molar-refractivity contribution >= 4 is 12.0 Å². The molecule has 0 spiro atoms. The second-order valence-corrected chi connectivity index (χ2v) is 5.80. The molecule has 0 bridgehead atoms. The molecule has 18 heavy (non-hydrogen) atoms. The number of nitrogens with zero attached hydrogens (tertiary/aromatic N) is 2. The molecule has 6 heteroatoms. The largest absolute Gasteiger partial charge is 0.444 e. The quantitative estimate of drug-likeness (QED) is 0.664. The fraction of sp³-hybridized carbons (Fsp3) is 0.833. The summed E-state index contributed by atoms with van der Waals surface area (Å²) >= 11 is 0. The zero-order chi connectivity index (χ0) is 13.3. The Morgan fingerprint density at radius 3 is 2.78 bits per heavy atom. The predicted molar refractivity (Wildman–Crippen MR) is 66.2 cm³/mol. The van der Waals surface area contributed by atoms with Crippen LogP contribution in [0.25, 0.3) is 0 Å². The highest BCUT2D eigenvalue weighted by molar-refractivity contribution is 5.80. The van der Waals surface area contributed by atoms with Crippen LogP contribution in [-0.4, -0.2) is 66.2 Å². The molecule has 0 unspecified atom stereocenters. The van der Waals surface area contributed by atoms with Crippen LogP contribution in [0.15, 0.2) is 0 Å². The van der Waals surface area contributed by atoms with Gasteiger partial charge in [-0.3, -0.25) is 4.79 Å². The third kappa shape index (κ3) is 2.93. The summed E-state index contributed by atoms with van der Waals surface area (Å²) in [5.41, 5.74) is -0.477. The van der Waals surface area contributed by atoms with Gasteiger partial charge < -0.3 is 19.9 Å². The molecule has 102 valence electrons. The zero-order valence-electron chi connectivity index (χ0n) is 11.2. The minimum Gasteiger partial charge on any atom is -0.444 e. The third-order valence-corrected chi connectivity index (χ3v) is 3.11. The first-order chi connectivity index (χ1) is 8.37. The number of carbonyl (C=O) groups is 2. The molecule has 0 aromatic rings. The molecular formula is C12H21N3O3. The third-order valence-electron chi connectivity index (χ3n) is 3.11. The highest BCUT2D eigenvalue weighted by Gasteiger charge is 2.35. The first-order valence-corrected chi connectivity index (χ1v) is 6.35. The monoisotopic (exact) mass is 255 g/mol. The summed E-state index contributed by atoms with van der Waals surface area (Å²) in [6.45, 7) is 8.41. The topological polar surface area (TPSA) is 61.9 Å². The van der Waals surface area contributed by atoms with Crippen molar-refractivity contribution in [1.82, 2.24) is 15.1 Å². The number of piperazine rings is 2. The van der Waals surface area contributed by atoms with Crippen molar-refractivity contribution in [1.29, 1.82) is 0 Å². The molecule has 0 aromatic carbocycles. The minimum atomic E-state index is -0.477. The van der Waals surface area contributed by atoms with Crippen LogP contribution < -0.4 is 5.32 Å². The summed E-state index contributed by atoms with van der Waals surface area (Å²) < 4.78 is 5.35. The number of rotatable bonds is 0. The number of carbonyl (C=O) groups excluding carboxylic acids is 2. The first kappa shape index (κ1) is 13.1. The summed E-state index contributed by atoms with van der Waals surface area (Å²) in [5.74, 6) is 0.120. The maximum Gasteiger partial charge on any atom is 0.410 e. The predicted octanol–water partition coefficient (Wildman–Crippen LogP) is 0.0375. The zero-order valence-corrected chi connectivity index (χ0v) is 11.2. The van der Waals surface area contributed by atoms with Crippen molar-refractivity contribution in [2.75, 3.05) is 32.7 Å². The van der Waals surface area contributed by atoms with Crippen molar-refractivity contribution < 1.29 is 14.3 Å². The first-order valence-electron chi connectivity index (χ1n) is 6.35. The van der Waals surface area contributed by atoms with Gasteiger partial charge in [0.15, 0.2) is 0 Å². The summed E-state index contributed by atoms with van der Waals surface area (Å²) in [6.07, 6.45) is -0.292. The van der Waals surface area contributed by atoms with E-state index in [1.807, 2.05) is 25.7 Å². The van der Waals surface area contributed by atoms with Crippen molar-refractivity contribution in [3.63, 3.8) is 0 Å². The highest BCUT2D eigenvalue weighted by atomic mass is 16.6. The van der Waals surface area contributed by atoms with Crippen LogP contribution in [0.4, 0.5) is 4.79 Å². The van der Waals surface area contributed by atoms with Crippen molar-refractivity contribution in [2.45, 2.75) is 32.4 Å². The van der Waals surface area contributed by atoms with Crippen LogP contribution in [0.2, 0.25) is 0 Å². The average Bonchev–Trinajstić information content (AvgIpc) is 2.26. The Morgan fingerprint density at radius 1 is 1.39 bits per heavy atom. The summed E-state index contributed by atoms with van der Waals surface area (Å²) in [6, 6.07) is 0.0764. The Kier molecular flexibility index (Phi) is 3.47. The molecule has 2 rings (SSSR count). The van der Waals surface area contributed by atoms with E-state index in [2.05, 4.69) is 5.32 Å². The number of amides is 2. The minimum absolute atomic E-state index is 0.0764. The van der Waals surface area contributed by atoms with E-state index < -0.39 is 5.60 Å². The van der Waals surface area contributed by atoms with Gasteiger partial charge in [0.25, 0.3) is 0 Å². The van der Waals surface area contributed by atoms with Crippen molar-refractivity contribution in [3.05, 3.63) is 0 Å². The lowest BCUT2D eigenvalue weighted by atomic mass is 10.1. The van der Waals surface area contributed by atoms with Crippen LogP contribution in [0.3, 0.4) is 0 Å². The molecule has 1 atom stereocenters. The molecule has 2 saturated heterocycles. The Labute approximate surface area is 107 Å². The molecule has 2 aliphatic heterocycles. The average molecular weight is 255 g/mol. The molecule has 2 aliphatic rings. The van der Waals surface area contributed by atoms with Crippen LogP contribution in [0.1, 0.15) is 20.8 Å². The number of nitrogens with one attached hydrogen (secondary N) is 1. The van der Waals surface area contributed by atoms with Gasteiger partial charge in [0.2, 0.25) is 5.91 Å². The Balaban J connectivity index is 1.94. The van der Waals surface area contributed by atoms with E-state index in [-0.39, 0.29) is 18.0 Å². The lowest BCUT2D eigenvalue weighted by molar-refractivity contribution is -0.137. The molecule has 0 radical (unpaired) electrons. The number of fused-ring (bicyclic) bond motifs is 1. The van der Waals surface area contributed by atoms with Crippen molar-refractivity contribution in [2.24, 2.45) is 0 Å². The van der Waals surface area contributed by atoms with Gasteiger partial charge in [-0.15, -0.1) is 0 Å². The summed E-state index contributed by atoms with van der Waals surface area (Å²) in [7, 11) is 0. The molecule has 0 saturated carbocycles. The highest BCUT2D eigenvalue weighted by Crippen LogP contribution is 2.16. The molecule has 0 aromatic heterocycles. The second kappa shape index (κ2) is 4.76. The second-order valence-electron chi connectivity index (χ2n) is 5.80. The molecule has 6 nitrogen and oxygen atoms in total. The van der Waals surface area contributed by atoms with Crippen LogP contribution in [0.5, 0.6) is 0 Å². The Bertz CT molecular complexity index is 351. The van der Waals surface area contributed by atoms with Gasteiger partial charge in [0, 0.05) is 26.2 Å². The maximum absolute atomic E-state index is 11.9. The lowest BCUT2D eigenvalue weighted by Gasteiger charge is -2.44. The molecule has 2 amide bonds. The van der Waals surface area contributed by atoms with Gasteiger partial charge in [0.1, 0.15) is 5.60 Å². The van der Waals surface area contributed by atoms with Gasteiger partial charge in [0.05, 0.1) is 12.6 Å². The van der Waals surface area contributed by atoms with Crippen LogP contribution in [-0.2, 0) is 9.53 Å². The normalized spacial score (nSPS) is 24.8. The Morgan fingerprint density at radius 2 is 2.11 bits per heavy atom.